The molecule has 5 aromatic rings. The highest BCUT2D eigenvalue weighted by molar-refractivity contribution is 7.90. The Kier molecular flexibility index (Phi) is 6.09. The predicted octanol–water partition coefficient (Wildman–Crippen LogP) is 5.51. The first-order valence-corrected chi connectivity index (χ1v) is 12.7. The van der Waals surface area contributed by atoms with E-state index in [-0.39, 0.29) is 4.90 Å². The molecule has 0 atom stereocenters. The van der Waals surface area contributed by atoms with Crippen LogP contribution >= 0.6 is 0 Å². The average molecular weight is 471 g/mol. The minimum Gasteiger partial charge on any atom is -0.492 e. The molecule has 34 heavy (non-hydrogen) atoms. The highest BCUT2D eigenvalue weighted by atomic mass is 32.2. The van der Waals surface area contributed by atoms with Gasteiger partial charge in [-0.1, -0.05) is 72.3 Å². The van der Waals surface area contributed by atoms with Gasteiger partial charge in [0.15, 0.2) is 0 Å². The van der Waals surface area contributed by atoms with Crippen LogP contribution in [0.15, 0.2) is 102 Å². The Morgan fingerprint density at radius 3 is 2.53 bits per heavy atom. The summed E-state index contributed by atoms with van der Waals surface area (Å²) in [4.78, 5) is 0.287. The molecule has 4 aromatic carbocycles. The van der Waals surface area contributed by atoms with Crippen LogP contribution in [-0.4, -0.2) is 25.5 Å². The van der Waals surface area contributed by atoms with Crippen LogP contribution in [0.3, 0.4) is 0 Å². The lowest BCUT2D eigenvalue weighted by Crippen LogP contribution is -2.20. The number of ether oxygens (including phenoxy) is 1. The molecule has 6 heteroatoms. The van der Waals surface area contributed by atoms with E-state index in [1.165, 1.54) is 15.1 Å². The number of fused-ring (bicyclic) bond motifs is 2. The van der Waals surface area contributed by atoms with E-state index < -0.39 is 10.0 Å². The number of benzene rings is 4. The molecule has 0 spiro atoms. The van der Waals surface area contributed by atoms with Gasteiger partial charge in [-0.2, -0.15) is 0 Å². The van der Waals surface area contributed by atoms with E-state index in [1.54, 1.807) is 30.5 Å². The zero-order valence-electron chi connectivity index (χ0n) is 18.9. The fourth-order valence-electron chi connectivity index (χ4n) is 4.26. The van der Waals surface area contributed by atoms with E-state index in [2.05, 4.69) is 36.5 Å². The zero-order chi connectivity index (χ0) is 23.5. The zero-order valence-corrected chi connectivity index (χ0v) is 19.8. The quantitative estimate of drug-likeness (QED) is 0.304. The summed E-state index contributed by atoms with van der Waals surface area (Å²) in [5.41, 5.74) is 3.07. The highest BCUT2D eigenvalue weighted by Gasteiger charge is 2.22. The number of hydrogen-bond acceptors (Lipinski definition) is 4. The minimum atomic E-state index is -3.78. The number of rotatable bonds is 8. The van der Waals surface area contributed by atoms with Crippen LogP contribution in [0, 0.1) is 6.92 Å². The second kappa shape index (κ2) is 9.33. The summed E-state index contributed by atoms with van der Waals surface area (Å²) in [6.45, 7) is 4.01. The summed E-state index contributed by atoms with van der Waals surface area (Å²) < 4.78 is 34.6. The normalized spacial score (nSPS) is 11.8. The molecule has 0 radical (unpaired) electrons. The Bertz CT molecular complexity index is 1570. The molecule has 0 aliphatic heterocycles. The first-order chi connectivity index (χ1) is 16.5. The van der Waals surface area contributed by atoms with Crippen molar-refractivity contribution in [1.82, 2.24) is 9.29 Å². The lowest BCUT2D eigenvalue weighted by atomic mass is 10.1. The van der Waals surface area contributed by atoms with Crippen molar-refractivity contribution in [3.63, 3.8) is 0 Å². The van der Waals surface area contributed by atoms with Crippen molar-refractivity contribution >= 4 is 31.7 Å². The topological polar surface area (TPSA) is 60.3 Å². The number of nitrogens with zero attached hydrogens (tertiary/aromatic N) is 1. The fraction of sp³-hybridized carbons (Fsp3) is 0.143. The molecule has 1 heterocycles. The van der Waals surface area contributed by atoms with Gasteiger partial charge in [0.2, 0.25) is 0 Å². The molecule has 0 amide bonds. The van der Waals surface area contributed by atoms with Crippen molar-refractivity contribution < 1.29 is 13.2 Å². The molecule has 0 bridgehead atoms. The maximum Gasteiger partial charge on any atom is 0.268 e. The van der Waals surface area contributed by atoms with E-state index in [1.807, 2.05) is 42.5 Å². The molecule has 0 unspecified atom stereocenters. The second-order valence-electron chi connectivity index (χ2n) is 8.30. The third-order valence-electron chi connectivity index (χ3n) is 5.89. The number of nitrogens with one attached hydrogen (secondary N) is 1. The second-order valence-corrected chi connectivity index (χ2v) is 10.1. The third kappa shape index (κ3) is 4.30. The Morgan fingerprint density at radius 1 is 0.853 bits per heavy atom. The molecule has 0 aliphatic rings. The lowest BCUT2D eigenvalue weighted by Gasteiger charge is -2.12. The van der Waals surface area contributed by atoms with E-state index >= 15 is 0 Å². The summed E-state index contributed by atoms with van der Waals surface area (Å²) in [6, 6.07) is 28.6. The Morgan fingerprint density at radius 2 is 1.65 bits per heavy atom. The largest absolute Gasteiger partial charge is 0.492 e. The van der Waals surface area contributed by atoms with E-state index in [0.29, 0.717) is 29.8 Å². The van der Waals surface area contributed by atoms with Gasteiger partial charge in [-0.05, 0) is 42.1 Å². The van der Waals surface area contributed by atoms with Gasteiger partial charge in [0.1, 0.15) is 12.4 Å². The lowest BCUT2D eigenvalue weighted by molar-refractivity contribution is 0.317. The van der Waals surface area contributed by atoms with Gasteiger partial charge in [0.25, 0.3) is 10.0 Å². The molecule has 1 N–H and O–H groups in total. The van der Waals surface area contributed by atoms with Gasteiger partial charge in [-0.15, -0.1) is 0 Å². The van der Waals surface area contributed by atoms with Gasteiger partial charge in [-0.25, -0.2) is 12.4 Å². The fourth-order valence-corrected chi connectivity index (χ4v) is 5.83. The molecule has 0 saturated carbocycles. The van der Waals surface area contributed by atoms with E-state index in [9.17, 15) is 8.42 Å². The number of aromatic nitrogens is 1. The van der Waals surface area contributed by atoms with Crippen LogP contribution in [0.2, 0.25) is 0 Å². The molecular weight excluding hydrogens is 444 g/mol. The number of hydrogen-bond donors (Lipinski definition) is 1. The van der Waals surface area contributed by atoms with Crippen molar-refractivity contribution in [3.8, 4) is 5.75 Å². The predicted molar refractivity (Wildman–Crippen MR) is 137 cm³/mol. The molecule has 5 nitrogen and oxygen atoms in total. The van der Waals surface area contributed by atoms with Gasteiger partial charge < -0.3 is 10.1 Å². The molecule has 1 aromatic heterocycles. The summed E-state index contributed by atoms with van der Waals surface area (Å²) in [6.07, 6.45) is 1.60. The van der Waals surface area contributed by atoms with Crippen molar-refractivity contribution in [1.29, 1.82) is 0 Å². The van der Waals surface area contributed by atoms with Crippen LogP contribution in [0.1, 0.15) is 11.1 Å². The molecule has 172 valence electrons. The Hall–Kier alpha value is -3.61. The SMILES string of the molecule is Cc1cccc(CNCCOc2cccc3c2ccn3S(=O)(=O)c2cccc3ccccc23)c1. The highest BCUT2D eigenvalue weighted by Crippen LogP contribution is 2.31. The van der Waals surface area contributed by atoms with Crippen molar-refractivity contribution in [3.05, 3.63) is 108 Å². The van der Waals surface area contributed by atoms with Crippen molar-refractivity contribution in [2.45, 2.75) is 18.4 Å². The van der Waals surface area contributed by atoms with Crippen LogP contribution in [0.25, 0.3) is 21.7 Å². The molecular formula is C28H26N2O3S. The van der Waals surface area contributed by atoms with Crippen LogP contribution in [0.5, 0.6) is 5.75 Å². The molecule has 0 fully saturated rings. The number of aryl methyl sites for hydroxylation is 1. The smallest absolute Gasteiger partial charge is 0.268 e. The average Bonchev–Trinajstić information content (AvgIpc) is 3.29. The van der Waals surface area contributed by atoms with Crippen LogP contribution in [-0.2, 0) is 16.6 Å². The van der Waals surface area contributed by atoms with E-state index in [0.717, 1.165) is 17.3 Å². The van der Waals surface area contributed by atoms with Crippen LogP contribution in [0.4, 0.5) is 0 Å². The summed E-state index contributed by atoms with van der Waals surface area (Å²) >= 11 is 0. The molecule has 0 aliphatic carbocycles. The van der Waals surface area contributed by atoms with Gasteiger partial charge in [0, 0.05) is 30.1 Å². The first kappa shape index (κ1) is 22.2. The summed E-state index contributed by atoms with van der Waals surface area (Å²) in [5, 5.41) is 5.76. The van der Waals surface area contributed by atoms with Gasteiger partial charge in [0.05, 0.1) is 10.4 Å². The van der Waals surface area contributed by atoms with E-state index in [4.69, 9.17) is 4.74 Å². The Balaban J connectivity index is 1.35. The maximum atomic E-state index is 13.6. The summed E-state index contributed by atoms with van der Waals surface area (Å²) in [7, 11) is -3.78. The van der Waals surface area contributed by atoms with Crippen molar-refractivity contribution in [2.75, 3.05) is 13.2 Å². The maximum absolute atomic E-state index is 13.6. The minimum absolute atomic E-state index is 0.287. The van der Waals surface area contributed by atoms with Crippen molar-refractivity contribution in [2.24, 2.45) is 0 Å². The molecule has 5 rings (SSSR count). The summed E-state index contributed by atoms with van der Waals surface area (Å²) in [5.74, 6) is 0.668. The standard InChI is InChI=1S/C28H26N2O3S/c1-21-7-4-8-22(19-21)20-29-16-18-33-27-13-6-12-26-25(27)15-17-30(26)34(31,32)28-14-5-10-23-9-2-3-11-24(23)28/h2-15,17,19,29H,16,18,20H2,1H3. The monoisotopic (exact) mass is 470 g/mol. The van der Waals surface area contributed by atoms with Gasteiger partial charge >= 0.3 is 0 Å². The first-order valence-electron chi connectivity index (χ1n) is 11.3. The van der Waals surface area contributed by atoms with Gasteiger partial charge in [-0.3, -0.25) is 0 Å². The Labute approximate surface area is 199 Å². The third-order valence-corrected chi connectivity index (χ3v) is 7.64. The molecule has 0 saturated heterocycles. The van der Waals surface area contributed by atoms with Crippen LogP contribution < -0.4 is 10.1 Å².